The van der Waals surface area contributed by atoms with Crippen LogP contribution in [0, 0.1) is 11.8 Å². The van der Waals surface area contributed by atoms with Crippen LogP contribution in [0.1, 0.15) is 12.0 Å². The molecule has 0 spiro atoms. The van der Waals surface area contributed by atoms with Crippen molar-refractivity contribution in [1.82, 2.24) is 4.90 Å². The van der Waals surface area contributed by atoms with Crippen molar-refractivity contribution in [3.8, 4) is 0 Å². The normalized spacial score (nSPS) is 30.3. The number of fused-ring (bicyclic) bond motifs is 1. The lowest BCUT2D eigenvalue weighted by Crippen LogP contribution is -2.25. The van der Waals surface area contributed by atoms with E-state index in [1.807, 2.05) is 0 Å². The highest BCUT2D eigenvalue weighted by Gasteiger charge is 2.44. The molecule has 0 N–H and O–H groups in total. The van der Waals surface area contributed by atoms with E-state index in [1.54, 1.807) is 0 Å². The van der Waals surface area contributed by atoms with Crippen LogP contribution >= 0.6 is 0 Å². The van der Waals surface area contributed by atoms with E-state index in [4.69, 9.17) is 0 Å². The molecule has 2 unspecified atom stereocenters. The zero-order valence-corrected chi connectivity index (χ0v) is 8.52. The molecule has 74 valence electrons. The van der Waals surface area contributed by atoms with Crippen molar-refractivity contribution in [2.75, 3.05) is 19.6 Å². The van der Waals surface area contributed by atoms with Crippen LogP contribution in [0.3, 0.4) is 0 Å². The largest absolute Gasteiger partial charge is 0.302 e. The average Bonchev–Trinajstić information content (AvgIpc) is 2.85. The molecular weight excluding hydrogens is 170 g/mol. The minimum Gasteiger partial charge on any atom is -0.302 e. The summed E-state index contributed by atoms with van der Waals surface area (Å²) in [5.41, 5.74) is 1.48. The topological polar surface area (TPSA) is 3.24 Å². The Hall–Kier alpha value is -0.820. The van der Waals surface area contributed by atoms with Gasteiger partial charge in [-0.25, -0.2) is 0 Å². The van der Waals surface area contributed by atoms with Crippen LogP contribution in [-0.2, 0) is 6.42 Å². The van der Waals surface area contributed by atoms with Gasteiger partial charge in [-0.1, -0.05) is 30.3 Å². The molecule has 1 aliphatic carbocycles. The monoisotopic (exact) mass is 187 g/mol. The first kappa shape index (κ1) is 8.49. The van der Waals surface area contributed by atoms with Gasteiger partial charge < -0.3 is 4.90 Å². The van der Waals surface area contributed by atoms with E-state index >= 15 is 0 Å². The number of hydrogen-bond acceptors (Lipinski definition) is 1. The van der Waals surface area contributed by atoms with E-state index < -0.39 is 0 Å². The Morgan fingerprint density at radius 3 is 2.50 bits per heavy atom. The Morgan fingerprint density at radius 1 is 1.07 bits per heavy atom. The first-order valence-electron chi connectivity index (χ1n) is 5.68. The minimum absolute atomic E-state index is 1.07. The Labute approximate surface area is 85.7 Å². The molecule has 14 heavy (non-hydrogen) atoms. The Kier molecular flexibility index (Phi) is 2.06. The summed E-state index contributed by atoms with van der Waals surface area (Å²) in [5, 5.41) is 0. The molecule has 1 nitrogen and oxygen atoms in total. The summed E-state index contributed by atoms with van der Waals surface area (Å²) in [6, 6.07) is 10.8. The molecule has 1 heteroatoms. The molecule has 1 aromatic rings. The second-order valence-electron chi connectivity index (χ2n) is 4.75. The van der Waals surface area contributed by atoms with Crippen LogP contribution in [-0.4, -0.2) is 24.5 Å². The van der Waals surface area contributed by atoms with E-state index in [-0.39, 0.29) is 0 Å². The molecule has 2 fully saturated rings. The Balaban J connectivity index is 1.50. The lowest BCUT2D eigenvalue weighted by atomic mass is 10.1. The van der Waals surface area contributed by atoms with Gasteiger partial charge in [0, 0.05) is 19.6 Å². The van der Waals surface area contributed by atoms with Gasteiger partial charge in [-0.3, -0.25) is 0 Å². The van der Waals surface area contributed by atoms with Gasteiger partial charge in [0.15, 0.2) is 0 Å². The van der Waals surface area contributed by atoms with Crippen LogP contribution in [0.4, 0.5) is 0 Å². The fraction of sp³-hybridized carbons (Fsp3) is 0.538. The number of piperidine rings is 1. The summed E-state index contributed by atoms with van der Waals surface area (Å²) >= 11 is 0. The van der Waals surface area contributed by atoms with Crippen molar-refractivity contribution < 1.29 is 0 Å². The van der Waals surface area contributed by atoms with Crippen LogP contribution in [0.25, 0.3) is 0 Å². The third-order valence-electron chi connectivity index (χ3n) is 3.61. The second-order valence-corrected chi connectivity index (χ2v) is 4.75. The smallest absolute Gasteiger partial charge is 0.00221 e. The van der Waals surface area contributed by atoms with Crippen LogP contribution in [0.15, 0.2) is 30.3 Å². The molecule has 1 heterocycles. The molecule has 2 atom stereocenters. The molecule has 0 aromatic heterocycles. The van der Waals surface area contributed by atoms with E-state index in [0.29, 0.717) is 0 Å². The third kappa shape index (κ3) is 1.69. The summed E-state index contributed by atoms with van der Waals surface area (Å²) in [5.74, 6) is 2.15. The highest BCUT2D eigenvalue weighted by atomic mass is 15.2. The molecule has 1 aliphatic heterocycles. The van der Waals surface area contributed by atoms with E-state index in [9.17, 15) is 0 Å². The summed E-state index contributed by atoms with van der Waals surface area (Å²) in [4.78, 5) is 2.63. The average molecular weight is 187 g/mol. The second kappa shape index (κ2) is 3.39. The molecule has 0 bridgehead atoms. The number of benzene rings is 1. The molecule has 1 saturated heterocycles. The van der Waals surface area contributed by atoms with E-state index in [2.05, 4.69) is 35.2 Å². The Morgan fingerprint density at radius 2 is 1.79 bits per heavy atom. The van der Waals surface area contributed by atoms with Crippen molar-refractivity contribution in [2.24, 2.45) is 11.8 Å². The van der Waals surface area contributed by atoms with Crippen LogP contribution < -0.4 is 0 Å². The zero-order chi connectivity index (χ0) is 9.38. The molecule has 0 radical (unpaired) electrons. The maximum atomic E-state index is 2.63. The maximum Gasteiger partial charge on any atom is 0.00221 e. The van der Waals surface area contributed by atoms with Gasteiger partial charge in [0.05, 0.1) is 0 Å². The predicted octanol–water partition coefficient (Wildman–Crippen LogP) is 2.18. The first-order valence-corrected chi connectivity index (χ1v) is 5.68. The lowest BCUT2D eigenvalue weighted by Gasteiger charge is -2.16. The number of hydrogen-bond donors (Lipinski definition) is 0. The van der Waals surface area contributed by atoms with Gasteiger partial charge >= 0.3 is 0 Å². The molecule has 0 amide bonds. The van der Waals surface area contributed by atoms with Gasteiger partial charge in [-0.2, -0.15) is 0 Å². The molecule has 1 aromatic carbocycles. The molecule has 3 rings (SSSR count). The lowest BCUT2D eigenvalue weighted by molar-refractivity contribution is 0.309. The highest BCUT2D eigenvalue weighted by molar-refractivity contribution is 5.15. The van der Waals surface area contributed by atoms with Crippen LogP contribution in [0.5, 0.6) is 0 Å². The van der Waals surface area contributed by atoms with Crippen molar-refractivity contribution in [2.45, 2.75) is 12.8 Å². The number of likely N-dealkylation sites (tertiary alicyclic amines) is 1. The van der Waals surface area contributed by atoms with E-state index in [0.717, 1.165) is 11.8 Å². The summed E-state index contributed by atoms with van der Waals surface area (Å²) < 4.78 is 0. The van der Waals surface area contributed by atoms with Gasteiger partial charge in [0.2, 0.25) is 0 Å². The van der Waals surface area contributed by atoms with Crippen molar-refractivity contribution in [3.05, 3.63) is 35.9 Å². The van der Waals surface area contributed by atoms with Crippen LogP contribution in [0.2, 0.25) is 0 Å². The zero-order valence-electron chi connectivity index (χ0n) is 8.52. The first-order chi connectivity index (χ1) is 6.92. The number of rotatable bonds is 3. The minimum atomic E-state index is 1.07. The van der Waals surface area contributed by atoms with Gasteiger partial charge in [0.1, 0.15) is 0 Å². The SMILES string of the molecule is c1ccc(CCN2CC3CC3C2)cc1. The standard InChI is InChI=1S/C13H17N/c1-2-4-11(5-3-1)6-7-14-9-12-8-13(12)10-14/h1-5,12-13H,6-10H2. The summed E-state index contributed by atoms with van der Waals surface area (Å²) in [6.45, 7) is 4.01. The Bertz CT molecular complexity index is 296. The maximum absolute atomic E-state index is 2.63. The molecule has 1 saturated carbocycles. The van der Waals surface area contributed by atoms with Crippen molar-refractivity contribution in [3.63, 3.8) is 0 Å². The third-order valence-corrected chi connectivity index (χ3v) is 3.61. The van der Waals surface area contributed by atoms with Crippen molar-refractivity contribution in [1.29, 1.82) is 0 Å². The summed E-state index contributed by atoms with van der Waals surface area (Å²) in [7, 11) is 0. The summed E-state index contributed by atoms with van der Waals surface area (Å²) in [6.07, 6.45) is 2.74. The fourth-order valence-electron chi connectivity index (χ4n) is 2.61. The van der Waals surface area contributed by atoms with Crippen molar-refractivity contribution >= 4 is 0 Å². The highest BCUT2D eigenvalue weighted by Crippen LogP contribution is 2.44. The fourth-order valence-corrected chi connectivity index (χ4v) is 2.61. The molecular formula is C13H17N. The van der Waals surface area contributed by atoms with E-state index in [1.165, 1.54) is 38.0 Å². The van der Waals surface area contributed by atoms with Gasteiger partial charge in [-0.05, 0) is 30.2 Å². The number of nitrogens with zero attached hydrogens (tertiary/aromatic N) is 1. The van der Waals surface area contributed by atoms with Gasteiger partial charge in [0.25, 0.3) is 0 Å². The predicted molar refractivity (Wildman–Crippen MR) is 58.2 cm³/mol. The molecule has 2 aliphatic rings. The van der Waals surface area contributed by atoms with Gasteiger partial charge in [-0.15, -0.1) is 0 Å². The quantitative estimate of drug-likeness (QED) is 0.701.